The first kappa shape index (κ1) is 18.4. The topological polar surface area (TPSA) is 35.5 Å². The van der Waals surface area contributed by atoms with Gasteiger partial charge in [0, 0.05) is 12.0 Å². The van der Waals surface area contributed by atoms with E-state index in [-0.39, 0.29) is 18.8 Å². The first-order valence-electron chi connectivity index (χ1n) is 7.18. The Kier molecular flexibility index (Phi) is 5.29. The second-order valence-electron chi connectivity index (χ2n) is 5.55. The molecule has 0 N–H and O–H groups in total. The Hall–Kier alpha value is -1.93. The molecule has 134 valence electrons. The molecule has 9 heteroatoms. The molecule has 3 nitrogen and oxygen atoms in total. The molecule has 24 heavy (non-hydrogen) atoms. The molecule has 0 bridgehead atoms. The summed E-state index contributed by atoms with van der Waals surface area (Å²) in [6.07, 6.45) is -7.25. The number of rotatable bonds is 5. The van der Waals surface area contributed by atoms with E-state index >= 15 is 0 Å². The summed E-state index contributed by atoms with van der Waals surface area (Å²) in [4.78, 5) is 10.6. The van der Waals surface area contributed by atoms with E-state index in [2.05, 4.69) is 9.47 Å². The third-order valence-electron chi connectivity index (χ3n) is 3.82. The van der Waals surface area contributed by atoms with Crippen LogP contribution in [0.25, 0.3) is 0 Å². The molecule has 0 heterocycles. The molecule has 2 rings (SSSR count). The minimum Gasteiger partial charge on any atom is -0.432 e. The van der Waals surface area contributed by atoms with Crippen molar-refractivity contribution in [1.82, 2.24) is 0 Å². The maximum absolute atomic E-state index is 14.1. The van der Waals surface area contributed by atoms with Gasteiger partial charge in [-0.25, -0.2) is 4.39 Å². The highest BCUT2D eigenvalue weighted by molar-refractivity contribution is 5.53. The lowest BCUT2D eigenvalue weighted by molar-refractivity contribution is -0.275. The fourth-order valence-electron chi connectivity index (χ4n) is 2.58. The summed E-state index contributed by atoms with van der Waals surface area (Å²) in [6.45, 7) is 0. The predicted molar refractivity (Wildman–Crippen MR) is 70.2 cm³/mol. The Morgan fingerprint density at radius 3 is 2.12 bits per heavy atom. The molecule has 1 aromatic rings. The third-order valence-corrected chi connectivity index (χ3v) is 3.82. The zero-order valence-corrected chi connectivity index (χ0v) is 12.3. The van der Waals surface area contributed by atoms with E-state index in [4.69, 9.17) is 0 Å². The van der Waals surface area contributed by atoms with E-state index in [0.29, 0.717) is 25.0 Å². The summed E-state index contributed by atoms with van der Waals surface area (Å²) in [6, 6.07) is 1.75. The fraction of sp³-hybridized carbons (Fsp3) is 0.533. The molecule has 0 saturated heterocycles. The first-order chi connectivity index (χ1) is 11.1. The lowest BCUT2D eigenvalue weighted by Crippen LogP contribution is -2.37. The van der Waals surface area contributed by atoms with Crippen LogP contribution in [-0.4, -0.2) is 18.8 Å². The average Bonchev–Trinajstić information content (AvgIpc) is 2.48. The SMILES string of the molecule is O=CC1CCC(C(F)(F)Oc2ccc(OC(F)(F)F)c(F)c2)CC1. The van der Waals surface area contributed by atoms with Crippen LogP contribution in [0.2, 0.25) is 0 Å². The number of aldehydes is 1. The molecule has 1 fully saturated rings. The second kappa shape index (κ2) is 6.90. The van der Waals surface area contributed by atoms with Crippen LogP contribution in [0.1, 0.15) is 25.7 Å². The van der Waals surface area contributed by atoms with Gasteiger partial charge in [-0.1, -0.05) is 0 Å². The smallest absolute Gasteiger partial charge is 0.432 e. The molecule has 0 aliphatic heterocycles. The molecule has 1 saturated carbocycles. The largest absolute Gasteiger partial charge is 0.573 e. The van der Waals surface area contributed by atoms with Gasteiger partial charge in [-0.2, -0.15) is 8.78 Å². The molecule has 0 amide bonds. The number of benzene rings is 1. The molecule has 0 atom stereocenters. The van der Waals surface area contributed by atoms with Gasteiger partial charge in [0.15, 0.2) is 11.6 Å². The molecule has 1 aliphatic rings. The molecule has 0 spiro atoms. The minimum absolute atomic E-state index is 0.0636. The minimum atomic E-state index is -5.09. The second-order valence-corrected chi connectivity index (χ2v) is 5.55. The number of hydrogen-bond donors (Lipinski definition) is 0. The van der Waals surface area contributed by atoms with Crippen molar-refractivity contribution in [2.24, 2.45) is 11.8 Å². The Labute approximate surface area is 133 Å². The summed E-state index contributed by atoms with van der Waals surface area (Å²) in [5, 5.41) is 0. The Morgan fingerprint density at radius 2 is 1.62 bits per heavy atom. The van der Waals surface area contributed by atoms with Crippen LogP contribution in [0.4, 0.5) is 26.3 Å². The van der Waals surface area contributed by atoms with E-state index in [1.807, 2.05) is 0 Å². The Morgan fingerprint density at radius 1 is 1.00 bits per heavy atom. The molecular weight excluding hydrogens is 342 g/mol. The predicted octanol–water partition coefficient (Wildman–Crippen LogP) is 4.70. The lowest BCUT2D eigenvalue weighted by atomic mass is 9.82. The summed E-state index contributed by atoms with van der Waals surface area (Å²) < 4.78 is 85.7. The number of carbonyl (C=O) groups excluding carboxylic acids is 1. The summed E-state index contributed by atoms with van der Waals surface area (Å²) in [7, 11) is 0. The van der Waals surface area contributed by atoms with Gasteiger partial charge in [0.1, 0.15) is 12.0 Å². The molecule has 0 unspecified atom stereocenters. The maximum Gasteiger partial charge on any atom is 0.573 e. The van der Waals surface area contributed by atoms with Gasteiger partial charge >= 0.3 is 12.5 Å². The average molecular weight is 356 g/mol. The summed E-state index contributed by atoms with van der Waals surface area (Å²) >= 11 is 0. The summed E-state index contributed by atoms with van der Waals surface area (Å²) in [5.41, 5.74) is 0. The van der Waals surface area contributed by atoms with Gasteiger partial charge in [0.2, 0.25) is 0 Å². The van der Waals surface area contributed by atoms with Crippen molar-refractivity contribution in [1.29, 1.82) is 0 Å². The van der Waals surface area contributed by atoms with E-state index in [1.165, 1.54) is 0 Å². The highest BCUT2D eigenvalue weighted by Crippen LogP contribution is 2.40. The molecule has 1 aliphatic carbocycles. The molecule has 0 aromatic heterocycles. The molecule has 1 aromatic carbocycles. The summed E-state index contributed by atoms with van der Waals surface area (Å²) in [5.74, 6) is -4.62. The lowest BCUT2D eigenvalue weighted by Gasteiger charge is -2.31. The van der Waals surface area contributed by atoms with Gasteiger partial charge in [-0.05, 0) is 37.8 Å². The van der Waals surface area contributed by atoms with Crippen LogP contribution in [0.3, 0.4) is 0 Å². The van der Waals surface area contributed by atoms with Crippen LogP contribution >= 0.6 is 0 Å². The van der Waals surface area contributed by atoms with Gasteiger partial charge in [-0.15, -0.1) is 13.2 Å². The number of halogens is 6. The van der Waals surface area contributed by atoms with E-state index in [0.717, 1.165) is 12.4 Å². The van der Waals surface area contributed by atoms with E-state index in [1.54, 1.807) is 0 Å². The normalized spacial score (nSPS) is 22.1. The van der Waals surface area contributed by atoms with Crippen LogP contribution < -0.4 is 9.47 Å². The van der Waals surface area contributed by atoms with E-state index in [9.17, 15) is 31.1 Å². The molecular formula is C15H14F6O3. The maximum atomic E-state index is 14.1. The van der Waals surface area contributed by atoms with Crippen molar-refractivity contribution in [2.75, 3.05) is 0 Å². The van der Waals surface area contributed by atoms with Crippen molar-refractivity contribution in [3.63, 3.8) is 0 Å². The Bertz CT molecular complexity index is 579. The van der Waals surface area contributed by atoms with Crippen LogP contribution in [0, 0.1) is 17.7 Å². The number of hydrogen-bond acceptors (Lipinski definition) is 3. The van der Waals surface area contributed by atoms with Gasteiger partial charge < -0.3 is 14.3 Å². The first-order valence-corrected chi connectivity index (χ1v) is 7.18. The standard InChI is InChI=1S/C15H14F6O3/c16-12-7-11(5-6-13(12)24-15(19,20)21)23-14(17,18)10-3-1-9(8-22)2-4-10/h5-10H,1-4H2. The number of carbonyl (C=O) groups is 1. The van der Waals surface area contributed by atoms with Crippen molar-refractivity contribution in [2.45, 2.75) is 38.2 Å². The van der Waals surface area contributed by atoms with Crippen LogP contribution in [-0.2, 0) is 4.79 Å². The van der Waals surface area contributed by atoms with Crippen molar-refractivity contribution in [3.8, 4) is 11.5 Å². The highest BCUT2D eigenvalue weighted by atomic mass is 19.4. The number of ether oxygens (including phenoxy) is 2. The van der Waals surface area contributed by atoms with Crippen LogP contribution in [0.5, 0.6) is 11.5 Å². The van der Waals surface area contributed by atoms with E-state index < -0.39 is 35.7 Å². The number of alkyl halides is 5. The zero-order chi connectivity index (χ0) is 18.0. The van der Waals surface area contributed by atoms with Crippen molar-refractivity contribution >= 4 is 6.29 Å². The Balaban J connectivity index is 2.04. The molecule has 0 radical (unpaired) electrons. The highest BCUT2D eigenvalue weighted by Gasteiger charge is 2.44. The quantitative estimate of drug-likeness (QED) is 0.567. The monoisotopic (exact) mass is 356 g/mol. The van der Waals surface area contributed by atoms with Gasteiger partial charge in [-0.3, -0.25) is 0 Å². The fourth-order valence-corrected chi connectivity index (χ4v) is 2.58. The van der Waals surface area contributed by atoms with Gasteiger partial charge in [0.05, 0.1) is 5.92 Å². The zero-order valence-electron chi connectivity index (χ0n) is 12.3. The van der Waals surface area contributed by atoms with Crippen LogP contribution in [0.15, 0.2) is 18.2 Å². The van der Waals surface area contributed by atoms with Gasteiger partial charge in [0.25, 0.3) is 0 Å². The third kappa shape index (κ3) is 4.78. The van der Waals surface area contributed by atoms with Crippen molar-refractivity contribution in [3.05, 3.63) is 24.0 Å². The van der Waals surface area contributed by atoms with Crippen molar-refractivity contribution < 1.29 is 40.6 Å².